The van der Waals surface area contributed by atoms with Gasteiger partial charge in [0.2, 0.25) is 0 Å². The van der Waals surface area contributed by atoms with Crippen LogP contribution in [0.5, 0.6) is 5.75 Å². The SMILES string of the molecule is CN1CCC(N2C(=O)c3cc4nc(C5C(=O)N=CC=C5NCC(O)COc5cccc(Cl)c5F)[nH]c4cc3C2=O)CC1. The first-order valence-electron chi connectivity index (χ1n) is 13.6. The number of carbonyl (C=O) groups excluding carboxylic acids is 3. The molecule has 0 bridgehead atoms. The number of aliphatic hydroxyl groups excluding tert-OH is 1. The summed E-state index contributed by atoms with van der Waals surface area (Å²) in [6, 6.07) is 7.39. The van der Waals surface area contributed by atoms with Crippen LogP contribution in [0.4, 0.5) is 4.39 Å². The molecule has 0 spiro atoms. The van der Waals surface area contributed by atoms with Crippen LogP contribution in [0, 0.1) is 5.82 Å². The lowest BCUT2D eigenvalue weighted by atomic mass is 10.0. The van der Waals surface area contributed by atoms with Crippen molar-refractivity contribution in [1.29, 1.82) is 0 Å². The molecule has 2 atom stereocenters. The molecule has 6 rings (SSSR count). The number of benzene rings is 2. The maximum atomic E-state index is 14.1. The lowest BCUT2D eigenvalue weighted by Crippen LogP contribution is -2.46. The number of imide groups is 1. The quantitative estimate of drug-likeness (QED) is 0.338. The lowest BCUT2D eigenvalue weighted by molar-refractivity contribution is -0.118. The van der Waals surface area contributed by atoms with Gasteiger partial charge in [-0.3, -0.25) is 19.3 Å². The molecule has 1 saturated heterocycles. The van der Waals surface area contributed by atoms with Crippen molar-refractivity contribution < 1.29 is 28.6 Å². The highest BCUT2D eigenvalue weighted by atomic mass is 35.5. The highest BCUT2D eigenvalue weighted by Crippen LogP contribution is 2.33. The third-order valence-electron chi connectivity index (χ3n) is 7.77. The van der Waals surface area contributed by atoms with Crippen molar-refractivity contribution >= 4 is 46.6 Å². The second kappa shape index (κ2) is 11.3. The van der Waals surface area contributed by atoms with E-state index < -0.39 is 23.7 Å². The Kier molecular flexibility index (Phi) is 7.52. The monoisotopic (exact) mass is 594 g/mol. The van der Waals surface area contributed by atoms with Gasteiger partial charge in [-0.05, 0) is 63.3 Å². The van der Waals surface area contributed by atoms with Crippen molar-refractivity contribution in [3.63, 3.8) is 0 Å². The zero-order chi connectivity index (χ0) is 29.5. The molecule has 3 aromatic rings. The molecule has 3 N–H and O–H groups in total. The topological polar surface area (TPSA) is 140 Å². The summed E-state index contributed by atoms with van der Waals surface area (Å²) in [6.07, 6.45) is 3.34. The van der Waals surface area contributed by atoms with Crippen LogP contribution < -0.4 is 10.1 Å². The van der Waals surface area contributed by atoms with E-state index in [1.165, 1.54) is 29.3 Å². The van der Waals surface area contributed by atoms with Gasteiger partial charge in [-0.2, -0.15) is 0 Å². The van der Waals surface area contributed by atoms with Gasteiger partial charge in [0.1, 0.15) is 24.5 Å². The van der Waals surface area contributed by atoms with Gasteiger partial charge in [-0.1, -0.05) is 17.7 Å². The molecule has 0 aliphatic carbocycles. The van der Waals surface area contributed by atoms with Gasteiger partial charge >= 0.3 is 0 Å². The van der Waals surface area contributed by atoms with Crippen LogP contribution in [0.3, 0.4) is 0 Å². The third kappa shape index (κ3) is 5.17. The Bertz CT molecular complexity index is 1590. The number of H-pyrrole nitrogens is 1. The number of allylic oxidation sites excluding steroid dienone is 1. The highest BCUT2D eigenvalue weighted by molar-refractivity contribution is 6.30. The minimum atomic E-state index is -1.05. The van der Waals surface area contributed by atoms with Gasteiger partial charge in [-0.25, -0.2) is 14.4 Å². The number of amides is 3. The van der Waals surface area contributed by atoms with E-state index >= 15 is 0 Å². The van der Waals surface area contributed by atoms with E-state index in [1.807, 2.05) is 7.05 Å². The molecule has 0 saturated carbocycles. The Morgan fingerprint density at radius 2 is 1.93 bits per heavy atom. The highest BCUT2D eigenvalue weighted by Gasteiger charge is 2.41. The molecule has 218 valence electrons. The molecule has 3 amide bonds. The standard InChI is InChI=1S/C29H28ClFN6O5/c1-36-9-6-15(7-10-36)37-28(40)17-11-21-22(12-18(17)29(37)41)35-26(34-21)24-20(5-8-32-27(24)39)33-13-16(38)14-42-23-4-2-3-19(30)25(23)31/h2-5,8,11-12,15-16,24,33,38H,6-7,9-10,13-14H2,1H3,(H,34,35). The molecule has 3 aliphatic rings. The first-order chi connectivity index (χ1) is 20.2. The molecular weight excluding hydrogens is 567 g/mol. The molecule has 2 aromatic carbocycles. The van der Waals surface area contributed by atoms with Gasteiger partial charge in [0.05, 0.1) is 27.2 Å². The van der Waals surface area contributed by atoms with Crippen molar-refractivity contribution in [2.45, 2.75) is 30.9 Å². The minimum Gasteiger partial charge on any atom is -0.488 e. The number of aromatic amines is 1. The lowest BCUT2D eigenvalue weighted by Gasteiger charge is -2.33. The molecule has 1 aromatic heterocycles. The van der Waals surface area contributed by atoms with E-state index in [0.29, 0.717) is 27.9 Å². The maximum Gasteiger partial charge on any atom is 0.262 e. The summed E-state index contributed by atoms with van der Waals surface area (Å²) in [6.45, 7) is 1.39. The zero-order valence-electron chi connectivity index (χ0n) is 22.6. The number of hydrogen-bond donors (Lipinski definition) is 3. The first-order valence-corrected chi connectivity index (χ1v) is 14.0. The van der Waals surface area contributed by atoms with E-state index in [1.54, 1.807) is 18.2 Å². The van der Waals surface area contributed by atoms with Crippen molar-refractivity contribution in [2.24, 2.45) is 4.99 Å². The molecule has 1 fully saturated rings. The Morgan fingerprint density at radius 3 is 2.69 bits per heavy atom. The van der Waals surface area contributed by atoms with E-state index in [-0.39, 0.29) is 47.6 Å². The van der Waals surface area contributed by atoms with Crippen LogP contribution in [0.15, 0.2) is 47.1 Å². The fraction of sp³-hybridized carbons (Fsp3) is 0.345. The van der Waals surface area contributed by atoms with Crippen molar-refractivity contribution in [3.05, 3.63) is 69.9 Å². The van der Waals surface area contributed by atoms with E-state index in [4.69, 9.17) is 16.3 Å². The molecule has 11 nitrogen and oxygen atoms in total. The summed E-state index contributed by atoms with van der Waals surface area (Å²) in [5, 5.41) is 13.4. The van der Waals surface area contributed by atoms with Crippen molar-refractivity contribution in [2.75, 3.05) is 33.3 Å². The van der Waals surface area contributed by atoms with Crippen LogP contribution in [-0.2, 0) is 4.79 Å². The smallest absolute Gasteiger partial charge is 0.262 e. The van der Waals surface area contributed by atoms with Crippen molar-refractivity contribution in [1.82, 2.24) is 25.1 Å². The normalized spacial score (nSPS) is 20.3. The summed E-state index contributed by atoms with van der Waals surface area (Å²) in [5.41, 5.74) is 1.98. The van der Waals surface area contributed by atoms with Crippen LogP contribution >= 0.6 is 11.6 Å². The average molecular weight is 595 g/mol. The summed E-state index contributed by atoms with van der Waals surface area (Å²) in [7, 11) is 2.02. The number of nitrogens with zero attached hydrogens (tertiary/aromatic N) is 4. The second-order valence-corrected chi connectivity index (χ2v) is 11.0. The zero-order valence-corrected chi connectivity index (χ0v) is 23.4. The number of aliphatic imine (C=N–C) groups is 1. The van der Waals surface area contributed by atoms with E-state index in [2.05, 4.69) is 25.2 Å². The third-order valence-corrected chi connectivity index (χ3v) is 8.06. The number of piperidine rings is 1. The summed E-state index contributed by atoms with van der Waals surface area (Å²) in [4.78, 5) is 54.5. The Morgan fingerprint density at radius 1 is 1.19 bits per heavy atom. The van der Waals surface area contributed by atoms with Gasteiger partial charge < -0.3 is 25.0 Å². The predicted octanol–water partition coefficient (Wildman–Crippen LogP) is 2.65. The van der Waals surface area contributed by atoms with Gasteiger partial charge in [0.15, 0.2) is 11.6 Å². The number of aromatic nitrogens is 2. The summed E-state index contributed by atoms with van der Waals surface area (Å²) >= 11 is 5.77. The van der Waals surface area contributed by atoms with Crippen LogP contribution in [-0.4, -0.2) is 94.2 Å². The summed E-state index contributed by atoms with van der Waals surface area (Å²) < 4.78 is 19.4. The molecule has 13 heteroatoms. The molecule has 4 heterocycles. The number of nitrogens with one attached hydrogen (secondary N) is 2. The fourth-order valence-corrected chi connectivity index (χ4v) is 5.67. The number of fused-ring (bicyclic) bond motifs is 2. The predicted molar refractivity (Wildman–Crippen MR) is 152 cm³/mol. The Hall–Kier alpha value is -4.13. The Labute approximate surface area is 245 Å². The van der Waals surface area contributed by atoms with Crippen molar-refractivity contribution in [3.8, 4) is 5.75 Å². The summed E-state index contributed by atoms with van der Waals surface area (Å²) in [5.74, 6) is -2.60. The molecule has 2 unspecified atom stereocenters. The molecule has 0 radical (unpaired) electrons. The number of carbonyl (C=O) groups is 3. The molecule has 42 heavy (non-hydrogen) atoms. The van der Waals surface area contributed by atoms with Gasteiger partial charge in [-0.15, -0.1) is 0 Å². The number of imidazole rings is 1. The number of hydrogen-bond acceptors (Lipinski definition) is 8. The minimum absolute atomic E-state index is 0.0179. The average Bonchev–Trinajstić information content (AvgIpc) is 3.49. The van der Waals surface area contributed by atoms with Crippen LogP contribution in [0.1, 0.15) is 45.3 Å². The van der Waals surface area contributed by atoms with Crippen LogP contribution in [0.25, 0.3) is 11.0 Å². The number of ether oxygens (including phenoxy) is 1. The largest absolute Gasteiger partial charge is 0.488 e. The number of likely N-dealkylation sites (tertiary alicyclic amines) is 1. The Balaban J connectivity index is 1.17. The number of halogens is 2. The van der Waals surface area contributed by atoms with Gasteiger partial charge in [0.25, 0.3) is 17.7 Å². The van der Waals surface area contributed by atoms with E-state index in [9.17, 15) is 23.9 Å². The number of aliphatic hydroxyl groups is 1. The second-order valence-electron chi connectivity index (χ2n) is 10.6. The van der Waals surface area contributed by atoms with Gasteiger partial charge in [0, 0.05) is 24.5 Å². The maximum absolute atomic E-state index is 14.1. The van der Waals surface area contributed by atoms with Crippen LogP contribution in [0.2, 0.25) is 5.02 Å². The number of dihydropyridines is 1. The fourth-order valence-electron chi connectivity index (χ4n) is 5.50. The first kappa shape index (κ1) is 28.0. The molecular formula is C29H28ClFN6O5. The number of rotatable bonds is 8. The van der Waals surface area contributed by atoms with E-state index in [0.717, 1.165) is 25.9 Å². The molecule has 3 aliphatic heterocycles.